The van der Waals surface area contributed by atoms with Gasteiger partial charge in [0.15, 0.2) is 0 Å². The summed E-state index contributed by atoms with van der Waals surface area (Å²) in [6.45, 7) is 14.2. The van der Waals surface area contributed by atoms with Gasteiger partial charge in [-0.1, -0.05) is 109 Å². The van der Waals surface area contributed by atoms with E-state index in [1.165, 1.54) is 89.0 Å². The number of rotatable bonds is 48. The Morgan fingerprint density at radius 2 is 0.672 bits per heavy atom. The molecule has 0 aliphatic rings. The highest BCUT2D eigenvalue weighted by molar-refractivity contribution is 5.69. The van der Waals surface area contributed by atoms with Crippen molar-refractivity contribution in [3.05, 3.63) is 29.8 Å². The third kappa shape index (κ3) is 40.9. The fraction of sp³-hybridized carbons (Fsp3) is 0.848. The molecule has 12 heteroatoms. The Labute approximate surface area is 352 Å². The molecule has 0 aromatic heterocycles. The van der Waals surface area contributed by atoms with E-state index in [1.807, 2.05) is 0 Å². The fourth-order valence-corrected chi connectivity index (χ4v) is 5.81. The van der Waals surface area contributed by atoms with Crippen molar-refractivity contribution in [1.29, 1.82) is 0 Å². The average Bonchev–Trinajstić information content (AvgIpc) is 3.24. The van der Waals surface area contributed by atoms with Gasteiger partial charge < -0.3 is 52.1 Å². The van der Waals surface area contributed by atoms with Gasteiger partial charge in [-0.25, -0.2) is 0 Å². The second kappa shape index (κ2) is 46.2. The molecule has 0 radical (unpaired) electrons. The van der Waals surface area contributed by atoms with Crippen molar-refractivity contribution in [2.24, 2.45) is 0 Å². The molecule has 0 unspecified atom stereocenters. The minimum absolute atomic E-state index is 0.135. The molecule has 0 amide bonds. The molecule has 58 heavy (non-hydrogen) atoms. The first-order chi connectivity index (χ1) is 28.8. The van der Waals surface area contributed by atoms with Crippen molar-refractivity contribution >= 4 is 5.97 Å². The minimum Gasteiger partial charge on any atom is -0.491 e. The second-order valence-corrected chi connectivity index (χ2v) is 14.3. The lowest BCUT2D eigenvalue weighted by molar-refractivity contribution is -0.145. The van der Waals surface area contributed by atoms with E-state index in [9.17, 15) is 4.79 Å². The van der Waals surface area contributed by atoms with Crippen LogP contribution in [-0.2, 0) is 58.6 Å². The van der Waals surface area contributed by atoms with Gasteiger partial charge in [0, 0.05) is 6.42 Å². The van der Waals surface area contributed by atoms with Gasteiger partial charge in [0.25, 0.3) is 0 Å². The van der Waals surface area contributed by atoms with Gasteiger partial charge in [0.2, 0.25) is 0 Å². The van der Waals surface area contributed by atoms with Crippen molar-refractivity contribution in [2.45, 2.75) is 123 Å². The number of benzene rings is 1. The summed E-state index contributed by atoms with van der Waals surface area (Å²) in [4.78, 5) is 11.8. The van der Waals surface area contributed by atoms with Crippen LogP contribution in [0.3, 0.4) is 0 Å². The molecule has 0 heterocycles. The fourth-order valence-electron chi connectivity index (χ4n) is 5.81. The molecule has 1 aromatic rings. The van der Waals surface area contributed by atoms with E-state index in [0.29, 0.717) is 132 Å². The smallest absolute Gasteiger partial charge is 0.305 e. The van der Waals surface area contributed by atoms with Crippen LogP contribution in [0.2, 0.25) is 0 Å². The average molecular weight is 829 g/mol. The highest BCUT2D eigenvalue weighted by Gasteiger charge is 2.03. The molecule has 0 atom stereocenters. The van der Waals surface area contributed by atoms with E-state index in [2.05, 4.69) is 38.1 Å². The van der Waals surface area contributed by atoms with Crippen molar-refractivity contribution in [2.75, 3.05) is 132 Å². The largest absolute Gasteiger partial charge is 0.491 e. The number of carbonyl (C=O) groups is 1. The number of hydrogen-bond acceptors (Lipinski definition) is 12. The predicted octanol–water partition coefficient (Wildman–Crippen LogP) is 8.58. The summed E-state index contributed by atoms with van der Waals surface area (Å²) in [5.41, 5.74) is 1.38. The van der Waals surface area contributed by atoms with E-state index in [1.54, 1.807) is 0 Å². The molecule has 0 bridgehead atoms. The Morgan fingerprint density at radius 3 is 1.05 bits per heavy atom. The third-order valence-electron chi connectivity index (χ3n) is 9.19. The molecule has 0 spiro atoms. The second-order valence-electron chi connectivity index (χ2n) is 14.3. The van der Waals surface area contributed by atoms with E-state index >= 15 is 0 Å². The quantitative estimate of drug-likeness (QED) is 0.0463. The molecule has 0 N–H and O–H groups in total. The lowest BCUT2D eigenvalue weighted by Crippen LogP contribution is -2.15. The van der Waals surface area contributed by atoms with Gasteiger partial charge in [0.05, 0.1) is 119 Å². The summed E-state index contributed by atoms with van der Waals surface area (Å²) in [5, 5.41) is 0. The SMILES string of the molecule is CCCCCCCCCCCC(=O)OCCOCCOCCOCCOCCOCCOCCOCCOCCOCCOc1ccc(CCCCCCCC)cc1. The maximum absolute atomic E-state index is 11.8. The Hall–Kier alpha value is -1.87. The molecule has 0 aliphatic heterocycles. The number of carbonyl (C=O) groups excluding carboxylic acids is 1. The zero-order valence-corrected chi connectivity index (χ0v) is 36.9. The number of ether oxygens (including phenoxy) is 11. The molecule has 0 fully saturated rings. The number of hydrogen-bond donors (Lipinski definition) is 0. The predicted molar refractivity (Wildman–Crippen MR) is 229 cm³/mol. The maximum Gasteiger partial charge on any atom is 0.305 e. The number of esters is 1. The van der Waals surface area contributed by atoms with Crippen LogP contribution in [0.1, 0.15) is 122 Å². The van der Waals surface area contributed by atoms with Crippen molar-refractivity contribution in [3.63, 3.8) is 0 Å². The highest BCUT2D eigenvalue weighted by atomic mass is 16.6. The van der Waals surface area contributed by atoms with Gasteiger partial charge >= 0.3 is 5.97 Å². The Balaban J connectivity index is 1.68. The van der Waals surface area contributed by atoms with Crippen LogP contribution in [0, 0.1) is 0 Å². The lowest BCUT2D eigenvalue weighted by Gasteiger charge is -2.09. The zero-order chi connectivity index (χ0) is 41.5. The van der Waals surface area contributed by atoms with Gasteiger partial charge in [-0.05, 0) is 37.0 Å². The summed E-state index contributed by atoms with van der Waals surface area (Å²) in [5.74, 6) is 0.749. The van der Waals surface area contributed by atoms with E-state index < -0.39 is 0 Å². The normalized spacial score (nSPS) is 11.4. The van der Waals surface area contributed by atoms with Crippen LogP contribution in [0.15, 0.2) is 24.3 Å². The van der Waals surface area contributed by atoms with E-state index in [4.69, 9.17) is 52.1 Å². The molecule has 0 saturated heterocycles. The number of unbranched alkanes of at least 4 members (excludes halogenated alkanes) is 13. The van der Waals surface area contributed by atoms with Gasteiger partial charge in [0.1, 0.15) is 19.0 Å². The summed E-state index contributed by atoms with van der Waals surface area (Å²) in [6, 6.07) is 8.44. The Kier molecular flexibility index (Phi) is 43.1. The van der Waals surface area contributed by atoms with Crippen molar-refractivity contribution < 1.29 is 56.9 Å². The summed E-state index contributed by atoms with van der Waals surface area (Å²) >= 11 is 0. The highest BCUT2D eigenvalue weighted by Crippen LogP contribution is 2.15. The molecular formula is C46H84O12. The minimum atomic E-state index is -0.135. The first kappa shape index (κ1) is 54.1. The molecule has 0 aliphatic carbocycles. The van der Waals surface area contributed by atoms with Gasteiger partial charge in [-0.15, -0.1) is 0 Å². The van der Waals surface area contributed by atoms with E-state index in [0.717, 1.165) is 25.0 Å². The molecule has 1 aromatic carbocycles. The first-order valence-electron chi connectivity index (χ1n) is 22.8. The Morgan fingerprint density at radius 1 is 0.362 bits per heavy atom. The number of aryl methyl sites for hydroxylation is 1. The van der Waals surface area contributed by atoms with Crippen LogP contribution in [0.5, 0.6) is 5.75 Å². The van der Waals surface area contributed by atoms with Crippen LogP contribution < -0.4 is 4.74 Å². The molecule has 12 nitrogen and oxygen atoms in total. The van der Waals surface area contributed by atoms with Crippen molar-refractivity contribution in [3.8, 4) is 5.75 Å². The van der Waals surface area contributed by atoms with Gasteiger partial charge in [-0.3, -0.25) is 4.79 Å². The van der Waals surface area contributed by atoms with Crippen LogP contribution in [0.4, 0.5) is 0 Å². The van der Waals surface area contributed by atoms with Crippen LogP contribution in [-0.4, -0.2) is 138 Å². The monoisotopic (exact) mass is 829 g/mol. The zero-order valence-electron chi connectivity index (χ0n) is 36.9. The Bertz CT molecular complexity index is 951. The molecule has 1 rings (SSSR count). The van der Waals surface area contributed by atoms with Crippen LogP contribution in [0.25, 0.3) is 0 Å². The molecule has 340 valence electrons. The topological polar surface area (TPSA) is 119 Å². The standard InChI is InChI=1S/C46H84O12/c1-3-5-7-9-11-12-13-15-17-19-46(47)58-43-41-56-39-37-54-35-33-52-31-29-50-27-25-48-24-26-49-28-30-51-32-34-53-36-38-55-40-42-57-45-22-20-44(21-23-45)18-16-14-10-8-6-4-2/h20-23H,3-19,24-43H2,1-2H3. The van der Waals surface area contributed by atoms with E-state index in [-0.39, 0.29) is 12.6 Å². The third-order valence-corrected chi connectivity index (χ3v) is 9.19. The maximum atomic E-state index is 11.8. The summed E-state index contributed by atoms with van der Waals surface area (Å²) in [7, 11) is 0. The first-order valence-corrected chi connectivity index (χ1v) is 22.8. The van der Waals surface area contributed by atoms with Crippen molar-refractivity contribution in [1.82, 2.24) is 0 Å². The lowest BCUT2D eigenvalue weighted by atomic mass is 10.0. The summed E-state index contributed by atoms with van der Waals surface area (Å²) < 4.78 is 60.7. The van der Waals surface area contributed by atoms with Crippen LogP contribution >= 0.6 is 0 Å². The van der Waals surface area contributed by atoms with Gasteiger partial charge in [-0.2, -0.15) is 0 Å². The summed E-state index contributed by atoms with van der Waals surface area (Å²) in [6.07, 6.45) is 20.7. The molecule has 0 saturated carbocycles. The molecular weight excluding hydrogens is 744 g/mol.